The van der Waals surface area contributed by atoms with E-state index >= 15 is 0 Å². The van der Waals surface area contributed by atoms with Gasteiger partial charge in [-0.3, -0.25) is 0 Å². The molecule has 16 heavy (non-hydrogen) atoms. The Morgan fingerprint density at radius 1 is 1.50 bits per heavy atom. The van der Waals surface area contributed by atoms with Gasteiger partial charge in [-0.2, -0.15) is 5.26 Å². The maximum atomic E-state index is 9.23. The SMILES string of the molecule is CNC1(C)CCCCc2sc(N)c(C#N)c21. The normalized spacial score (nSPS) is 24.6. The third-order valence-corrected chi connectivity index (χ3v) is 4.63. The first kappa shape index (κ1) is 11.4. The highest BCUT2D eigenvalue weighted by Crippen LogP contribution is 2.42. The minimum absolute atomic E-state index is 0.0922. The van der Waals surface area contributed by atoms with E-state index in [1.54, 1.807) is 11.3 Å². The van der Waals surface area contributed by atoms with E-state index in [4.69, 9.17) is 5.73 Å². The van der Waals surface area contributed by atoms with Crippen molar-refractivity contribution in [1.82, 2.24) is 5.32 Å². The van der Waals surface area contributed by atoms with Gasteiger partial charge in [0.15, 0.2) is 0 Å². The standard InChI is InChI=1S/C12H17N3S/c1-12(15-2)6-4-3-5-9-10(12)8(7-13)11(14)16-9/h15H,3-6,14H2,1-2H3. The lowest BCUT2D eigenvalue weighted by atomic mass is 9.87. The molecule has 1 aliphatic carbocycles. The molecule has 1 aliphatic rings. The third-order valence-electron chi connectivity index (χ3n) is 3.55. The number of nitrogens with one attached hydrogen (secondary N) is 1. The predicted molar refractivity (Wildman–Crippen MR) is 67.4 cm³/mol. The number of nitrogens with two attached hydrogens (primary N) is 1. The summed E-state index contributed by atoms with van der Waals surface area (Å²) < 4.78 is 0. The number of fused-ring (bicyclic) bond motifs is 1. The summed E-state index contributed by atoms with van der Waals surface area (Å²) in [5.74, 6) is 0. The zero-order valence-electron chi connectivity index (χ0n) is 9.76. The van der Waals surface area contributed by atoms with E-state index < -0.39 is 0 Å². The molecule has 0 amide bonds. The fourth-order valence-electron chi connectivity index (χ4n) is 2.51. The molecule has 0 saturated carbocycles. The minimum atomic E-state index is -0.0922. The van der Waals surface area contributed by atoms with E-state index in [9.17, 15) is 5.26 Å². The zero-order valence-corrected chi connectivity index (χ0v) is 10.6. The van der Waals surface area contributed by atoms with Crippen molar-refractivity contribution in [2.24, 2.45) is 0 Å². The Kier molecular flexibility index (Phi) is 2.92. The molecule has 0 bridgehead atoms. The van der Waals surface area contributed by atoms with Crippen molar-refractivity contribution in [1.29, 1.82) is 5.26 Å². The van der Waals surface area contributed by atoms with Crippen LogP contribution in [-0.2, 0) is 12.0 Å². The van der Waals surface area contributed by atoms with Gasteiger partial charge in [-0.15, -0.1) is 11.3 Å². The maximum Gasteiger partial charge on any atom is 0.104 e. The summed E-state index contributed by atoms with van der Waals surface area (Å²) in [5, 5.41) is 13.3. The highest BCUT2D eigenvalue weighted by molar-refractivity contribution is 7.16. The van der Waals surface area contributed by atoms with Gasteiger partial charge >= 0.3 is 0 Å². The van der Waals surface area contributed by atoms with E-state index in [1.807, 2.05) is 7.05 Å². The van der Waals surface area contributed by atoms with E-state index in [0.29, 0.717) is 10.6 Å². The van der Waals surface area contributed by atoms with Gasteiger partial charge < -0.3 is 11.1 Å². The molecule has 0 fully saturated rings. The van der Waals surface area contributed by atoms with Gasteiger partial charge in [0.1, 0.15) is 11.1 Å². The van der Waals surface area contributed by atoms with Gasteiger partial charge in [-0.1, -0.05) is 6.42 Å². The van der Waals surface area contributed by atoms with Crippen molar-refractivity contribution >= 4 is 16.3 Å². The summed E-state index contributed by atoms with van der Waals surface area (Å²) in [6.07, 6.45) is 4.52. The van der Waals surface area contributed by atoms with Crippen LogP contribution in [0, 0.1) is 11.3 Å². The second-order valence-electron chi connectivity index (χ2n) is 4.54. The Morgan fingerprint density at radius 2 is 2.25 bits per heavy atom. The van der Waals surface area contributed by atoms with Crippen molar-refractivity contribution in [2.45, 2.75) is 38.1 Å². The number of nitriles is 1. The summed E-state index contributed by atoms with van der Waals surface area (Å²) in [5.41, 5.74) is 7.68. The topological polar surface area (TPSA) is 61.8 Å². The third kappa shape index (κ3) is 1.60. The number of nitrogen functional groups attached to an aromatic ring is 1. The molecule has 1 heterocycles. The summed E-state index contributed by atoms with van der Waals surface area (Å²) in [6, 6.07) is 2.27. The summed E-state index contributed by atoms with van der Waals surface area (Å²) in [7, 11) is 1.96. The zero-order chi connectivity index (χ0) is 11.8. The molecule has 4 heteroatoms. The van der Waals surface area contributed by atoms with Crippen LogP contribution in [0.5, 0.6) is 0 Å². The van der Waals surface area contributed by atoms with Crippen molar-refractivity contribution in [3.8, 4) is 6.07 Å². The molecule has 2 rings (SSSR count). The lowest BCUT2D eigenvalue weighted by Crippen LogP contribution is -2.37. The lowest BCUT2D eigenvalue weighted by molar-refractivity contribution is 0.364. The molecule has 1 atom stereocenters. The Labute approximate surface area is 100 Å². The highest BCUT2D eigenvalue weighted by atomic mass is 32.1. The number of hydrogen-bond acceptors (Lipinski definition) is 4. The fourth-order valence-corrected chi connectivity index (χ4v) is 3.70. The molecule has 86 valence electrons. The Bertz CT molecular complexity index is 444. The molecule has 3 nitrogen and oxygen atoms in total. The van der Waals surface area contributed by atoms with Crippen LogP contribution >= 0.6 is 11.3 Å². The maximum absolute atomic E-state index is 9.23. The Balaban J connectivity index is 2.64. The van der Waals surface area contributed by atoms with Crippen molar-refractivity contribution in [3.05, 3.63) is 16.0 Å². The number of anilines is 1. The molecule has 3 N–H and O–H groups in total. The Hall–Kier alpha value is -1.05. The van der Waals surface area contributed by atoms with Gasteiger partial charge in [-0.05, 0) is 33.2 Å². The number of aryl methyl sites for hydroxylation is 1. The van der Waals surface area contributed by atoms with Gasteiger partial charge in [0.25, 0.3) is 0 Å². The number of hydrogen-bond donors (Lipinski definition) is 2. The van der Waals surface area contributed by atoms with Crippen molar-refractivity contribution in [2.75, 3.05) is 12.8 Å². The van der Waals surface area contributed by atoms with Crippen LogP contribution < -0.4 is 11.1 Å². The summed E-state index contributed by atoms with van der Waals surface area (Å²) >= 11 is 1.59. The first-order valence-electron chi connectivity index (χ1n) is 5.63. The quantitative estimate of drug-likeness (QED) is 0.735. The average molecular weight is 235 g/mol. The number of rotatable bonds is 1. The monoisotopic (exact) mass is 235 g/mol. The van der Waals surface area contributed by atoms with Crippen LogP contribution in [0.4, 0.5) is 5.00 Å². The molecular formula is C12H17N3S. The van der Waals surface area contributed by atoms with Gasteiger partial charge in [-0.25, -0.2) is 0 Å². The van der Waals surface area contributed by atoms with Crippen molar-refractivity contribution < 1.29 is 0 Å². The number of thiophene rings is 1. The first-order valence-corrected chi connectivity index (χ1v) is 6.44. The molecule has 0 radical (unpaired) electrons. The van der Waals surface area contributed by atoms with Crippen LogP contribution in [0.2, 0.25) is 0 Å². The average Bonchev–Trinajstić information content (AvgIpc) is 2.52. The molecule has 1 aromatic rings. The first-order chi connectivity index (χ1) is 7.62. The summed E-state index contributed by atoms with van der Waals surface area (Å²) in [4.78, 5) is 1.29. The molecule has 0 spiro atoms. The number of nitrogens with zero attached hydrogens (tertiary/aromatic N) is 1. The Morgan fingerprint density at radius 3 is 2.88 bits per heavy atom. The van der Waals surface area contributed by atoms with Crippen LogP contribution in [0.25, 0.3) is 0 Å². The largest absolute Gasteiger partial charge is 0.389 e. The van der Waals surface area contributed by atoms with Crippen LogP contribution in [0.3, 0.4) is 0 Å². The molecule has 0 aliphatic heterocycles. The molecule has 1 unspecified atom stereocenters. The second kappa shape index (κ2) is 4.08. The minimum Gasteiger partial charge on any atom is -0.389 e. The fraction of sp³-hybridized carbons (Fsp3) is 0.583. The van der Waals surface area contributed by atoms with Gasteiger partial charge in [0.05, 0.1) is 5.56 Å². The van der Waals surface area contributed by atoms with E-state index in [0.717, 1.165) is 18.4 Å². The smallest absolute Gasteiger partial charge is 0.104 e. The van der Waals surface area contributed by atoms with Gasteiger partial charge in [0, 0.05) is 16.0 Å². The van der Waals surface area contributed by atoms with E-state index in [-0.39, 0.29) is 5.54 Å². The molecular weight excluding hydrogens is 218 g/mol. The van der Waals surface area contributed by atoms with Gasteiger partial charge in [0.2, 0.25) is 0 Å². The highest BCUT2D eigenvalue weighted by Gasteiger charge is 2.34. The molecule has 0 saturated heterocycles. The molecule has 0 aromatic carbocycles. The predicted octanol–water partition coefficient (Wildman–Crippen LogP) is 2.36. The summed E-state index contributed by atoms with van der Waals surface area (Å²) in [6.45, 7) is 2.17. The van der Waals surface area contributed by atoms with E-state index in [1.165, 1.54) is 17.7 Å². The molecule has 1 aromatic heterocycles. The van der Waals surface area contributed by atoms with Crippen LogP contribution in [0.1, 0.15) is 42.2 Å². The van der Waals surface area contributed by atoms with E-state index in [2.05, 4.69) is 18.3 Å². The second-order valence-corrected chi connectivity index (χ2v) is 5.68. The lowest BCUT2D eigenvalue weighted by Gasteiger charge is -2.29. The van der Waals surface area contributed by atoms with Crippen molar-refractivity contribution in [3.63, 3.8) is 0 Å². The van der Waals surface area contributed by atoms with Crippen LogP contribution in [-0.4, -0.2) is 7.05 Å². The van der Waals surface area contributed by atoms with Crippen LogP contribution in [0.15, 0.2) is 0 Å².